The number of rotatable bonds is 4. The average Bonchev–Trinajstić information content (AvgIpc) is 3.11. The Balaban J connectivity index is 1.94. The standard InChI is InChI=1S/C19H19N3O5S2/c1-10(2)5-7-22-18(25)15(16(24)12-6-8-28-19(12)22)17-20-13-4-3-11(23)9-14(13)29(26,27)21-17/h3-4,6,8-10,23-24H,5,7H2,1-2H3,(H,20,21). The van der Waals surface area contributed by atoms with Crippen molar-refractivity contribution >= 4 is 43.1 Å². The van der Waals surface area contributed by atoms with Gasteiger partial charge in [-0.05, 0) is 35.9 Å². The number of phenols is 1. The number of aryl methyl sites for hydroxylation is 1. The topological polar surface area (TPSA) is 121 Å². The van der Waals surface area contributed by atoms with E-state index in [1.165, 1.54) is 23.5 Å². The summed E-state index contributed by atoms with van der Waals surface area (Å²) in [6, 6.07) is 5.48. The fourth-order valence-corrected chi connectivity index (χ4v) is 5.28. The minimum absolute atomic E-state index is 0.172. The lowest BCUT2D eigenvalue weighted by Gasteiger charge is -2.20. The van der Waals surface area contributed by atoms with Crippen molar-refractivity contribution in [3.63, 3.8) is 0 Å². The SMILES string of the molecule is CC(C)CCn1c(=O)c(C2=NS(=O)(=O)c3cc(O)ccc3N2)c(O)c2ccsc21. The number of amidine groups is 1. The number of fused-ring (bicyclic) bond motifs is 2. The number of hydrogen-bond donors (Lipinski definition) is 3. The van der Waals surface area contributed by atoms with E-state index in [0.717, 1.165) is 12.5 Å². The second-order valence-corrected chi connectivity index (χ2v) is 9.69. The van der Waals surface area contributed by atoms with Crippen molar-refractivity contribution in [1.29, 1.82) is 0 Å². The molecule has 152 valence electrons. The quantitative estimate of drug-likeness (QED) is 0.544. The molecule has 3 N–H and O–H groups in total. The summed E-state index contributed by atoms with van der Waals surface area (Å²) in [6.07, 6.45) is 0.747. The number of benzene rings is 1. The lowest BCUT2D eigenvalue weighted by atomic mass is 10.1. The minimum Gasteiger partial charge on any atom is -0.508 e. The van der Waals surface area contributed by atoms with Crippen molar-refractivity contribution in [2.75, 3.05) is 5.32 Å². The van der Waals surface area contributed by atoms with Crippen molar-refractivity contribution in [2.45, 2.75) is 31.7 Å². The number of nitrogens with zero attached hydrogens (tertiary/aromatic N) is 2. The first-order chi connectivity index (χ1) is 13.7. The molecule has 3 heterocycles. The average molecular weight is 434 g/mol. The Labute approximate surface area is 170 Å². The Hall–Kier alpha value is -2.85. The summed E-state index contributed by atoms with van der Waals surface area (Å²) in [5.74, 6) is -0.404. The van der Waals surface area contributed by atoms with E-state index in [1.807, 2.05) is 13.8 Å². The molecule has 4 rings (SSSR count). The zero-order valence-electron chi connectivity index (χ0n) is 15.7. The predicted octanol–water partition coefficient (Wildman–Crippen LogP) is 3.08. The van der Waals surface area contributed by atoms with Gasteiger partial charge in [0.25, 0.3) is 15.6 Å². The molecule has 1 aliphatic rings. The Morgan fingerprint density at radius 1 is 1.24 bits per heavy atom. The summed E-state index contributed by atoms with van der Waals surface area (Å²) in [7, 11) is -4.17. The van der Waals surface area contributed by atoms with Gasteiger partial charge in [0.2, 0.25) is 0 Å². The molecule has 29 heavy (non-hydrogen) atoms. The molecular formula is C19H19N3O5S2. The fourth-order valence-electron chi connectivity index (χ4n) is 3.21. The Morgan fingerprint density at radius 2 is 2.00 bits per heavy atom. The van der Waals surface area contributed by atoms with E-state index in [4.69, 9.17) is 0 Å². The van der Waals surface area contributed by atoms with Gasteiger partial charge in [-0.15, -0.1) is 15.7 Å². The van der Waals surface area contributed by atoms with Crippen LogP contribution >= 0.6 is 11.3 Å². The van der Waals surface area contributed by atoms with Gasteiger partial charge in [-0.2, -0.15) is 8.42 Å². The second kappa shape index (κ2) is 6.89. The number of hydrogen-bond acceptors (Lipinski definition) is 7. The number of pyridine rings is 1. The normalized spacial score (nSPS) is 15.2. The number of anilines is 1. The molecule has 0 saturated carbocycles. The van der Waals surface area contributed by atoms with E-state index in [-0.39, 0.29) is 33.5 Å². The molecular weight excluding hydrogens is 414 g/mol. The summed E-state index contributed by atoms with van der Waals surface area (Å²) in [6.45, 7) is 4.53. The maximum absolute atomic E-state index is 13.2. The molecule has 0 spiro atoms. The fraction of sp³-hybridized carbons (Fsp3) is 0.263. The highest BCUT2D eigenvalue weighted by Gasteiger charge is 2.30. The molecule has 0 saturated heterocycles. The van der Waals surface area contributed by atoms with Crippen LogP contribution in [0, 0.1) is 5.92 Å². The molecule has 10 heteroatoms. The summed E-state index contributed by atoms with van der Waals surface area (Å²) in [4.78, 5) is 13.7. The van der Waals surface area contributed by atoms with Crippen LogP contribution in [0.5, 0.6) is 11.5 Å². The van der Waals surface area contributed by atoms with E-state index in [0.29, 0.717) is 22.7 Å². The van der Waals surface area contributed by atoms with Gasteiger partial charge in [-0.25, -0.2) is 0 Å². The minimum atomic E-state index is -4.17. The van der Waals surface area contributed by atoms with E-state index in [1.54, 1.807) is 16.0 Å². The molecule has 1 aliphatic heterocycles. The van der Waals surface area contributed by atoms with Crippen molar-refractivity contribution < 1.29 is 18.6 Å². The van der Waals surface area contributed by atoms with Gasteiger partial charge in [0.15, 0.2) is 5.84 Å². The largest absolute Gasteiger partial charge is 0.508 e. The Kier molecular flexibility index (Phi) is 4.62. The van der Waals surface area contributed by atoms with Crippen molar-refractivity contribution in [2.24, 2.45) is 10.3 Å². The van der Waals surface area contributed by atoms with Crippen LogP contribution in [0.2, 0.25) is 0 Å². The number of sulfonamides is 1. The van der Waals surface area contributed by atoms with Gasteiger partial charge in [0.05, 0.1) is 11.1 Å². The van der Waals surface area contributed by atoms with Crippen molar-refractivity contribution in [3.05, 3.63) is 45.6 Å². The van der Waals surface area contributed by atoms with E-state index >= 15 is 0 Å². The summed E-state index contributed by atoms with van der Waals surface area (Å²) < 4.78 is 30.5. The Morgan fingerprint density at radius 3 is 2.72 bits per heavy atom. The predicted molar refractivity (Wildman–Crippen MR) is 113 cm³/mol. The molecule has 0 unspecified atom stereocenters. The summed E-state index contributed by atoms with van der Waals surface area (Å²) in [5, 5.41) is 25.4. The van der Waals surface area contributed by atoms with Crippen molar-refractivity contribution in [3.8, 4) is 11.5 Å². The maximum atomic E-state index is 13.2. The number of phenolic OH excluding ortho intramolecular Hbond substituents is 1. The van der Waals surface area contributed by atoms with Crippen LogP contribution < -0.4 is 10.9 Å². The van der Waals surface area contributed by atoms with Crippen LogP contribution in [0.3, 0.4) is 0 Å². The van der Waals surface area contributed by atoms with Crippen LogP contribution in [-0.4, -0.2) is 29.0 Å². The van der Waals surface area contributed by atoms with Gasteiger partial charge >= 0.3 is 0 Å². The monoisotopic (exact) mass is 433 g/mol. The van der Waals surface area contributed by atoms with Crippen molar-refractivity contribution in [1.82, 2.24) is 4.57 Å². The first-order valence-corrected chi connectivity index (χ1v) is 11.3. The van der Waals surface area contributed by atoms with Gasteiger partial charge in [-0.3, -0.25) is 9.36 Å². The van der Waals surface area contributed by atoms with Gasteiger partial charge in [-0.1, -0.05) is 13.8 Å². The number of nitrogens with one attached hydrogen (secondary N) is 1. The molecule has 1 aromatic carbocycles. The van der Waals surface area contributed by atoms with Crippen LogP contribution in [0.4, 0.5) is 5.69 Å². The third-order valence-electron chi connectivity index (χ3n) is 4.72. The highest BCUT2D eigenvalue weighted by Crippen LogP contribution is 2.35. The molecule has 0 fully saturated rings. The number of aromatic hydroxyl groups is 2. The van der Waals surface area contributed by atoms with Crippen LogP contribution in [0.25, 0.3) is 10.2 Å². The Bertz CT molecular complexity index is 1320. The molecule has 0 atom stereocenters. The smallest absolute Gasteiger partial charge is 0.286 e. The number of aromatic nitrogens is 1. The molecule has 3 aromatic rings. The highest BCUT2D eigenvalue weighted by atomic mass is 32.2. The number of thiophene rings is 1. The second-order valence-electron chi connectivity index (χ2n) is 7.22. The van der Waals surface area contributed by atoms with E-state index in [9.17, 15) is 23.4 Å². The van der Waals surface area contributed by atoms with Gasteiger partial charge < -0.3 is 15.5 Å². The third-order valence-corrected chi connectivity index (χ3v) is 6.97. The summed E-state index contributed by atoms with van der Waals surface area (Å²) >= 11 is 1.34. The highest BCUT2D eigenvalue weighted by molar-refractivity contribution is 7.90. The zero-order chi connectivity index (χ0) is 20.9. The van der Waals surface area contributed by atoms with E-state index in [2.05, 4.69) is 9.71 Å². The van der Waals surface area contributed by atoms with Crippen LogP contribution in [0.15, 0.2) is 43.7 Å². The van der Waals surface area contributed by atoms with Gasteiger partial charge in [0, 0.05) is 12.6 Å². The van der Waals surface area contributed by atoms with Crippen LogP contribution in [0.1, 0.15) is 25.8 Å². The molecule has 2 aromatic heterocycles. The maximum Gasteiger partial charge on any atom is 0.286 e. The lowest BCUT2D eigenvalue weighted by molar-refractivity contribution is 0.472. The van der Waals surface area contributed by atoms with E-state index < -0.39 is 15.6 Å². The lowest BCUT2D eigenvalue weighted by Crippen LogP contribution is -2.32. The summed E-state index contributed by atoms with van der Waals surface area (Å²) in [5.41, 5.74) is -0.533. The molecule has 8 nitrogen and oxygen atoms in total. The van der Waals surface area contributed by atoms with Crippen LogP contribution in [-0.2, 0) is 16.6 Å². The third kappa shape index (κ3) is 3.28. The molecule has 0 amide bonds. The molecule has 0 radical (unpaired) electrons. The first-order valence-electron chi connectivity index (χ1n) is 8.97. The molecule has 0 aliphatic carbocycles. The zero-order valence-corrected chi connectivity index (χ0v) is 17.3. The first kappa shape index (κ1) is 19.5. The van der Waals surface area contributed by atoms with Gasteiger partial charge in [0.1, 0.15) is 26.8 Å². The molecule has 0 bridgehead atoms.